The summed E-state index contributed by atoms with van der Waals surface area (Å²) in [5.74, 6) is 2.09. The number of thioether (sulfide) groups is 1. The Morgan fingerprint density at radius 2 is 2.14 bits per heavy atom. The molecule has 3 atom stereocenters. The molecule has 0 aromatic rings. The first-order chi connectivity index (χ1) is 10.2. The van der Waals surface area contributed by atoms with Crippen LogP contribution in [0.1, 0.15) is 58.8 Å². The number of carbonyl (C=O) groups excluding carboxylic acids is 1. The van der Waals surface area contributed by atoms with Crippen LogP contribution in [0.4, 0.5) is 0 Å². The lowest BCUT2D eigenvalue weighted by Crippen LogP contribution is -2.38. The fourth-order valence-corrected chi connectivity index (χ4v) is 4.60. The average Bonchev–Trinajstić information content (AvgIpc) is 2.73. The quantitative estimate of drug-likeness (QED) is 0.775. The molecule has 2 heterocycles. The van der Waals surface area contributed by atoms with Crippen molar-refractivity contribution < 1.29 is 9.53 Å². The first-order valence-electron chi connectivity index (χ1n) is 8.73. The Hall–Kier alpha value is -0.220. The van der Waals surface area contributed by atoms with Crippen molar-refractivity contribution in [2.24, 2.45) is 5.92 Å². The van der Waals surface area contributed by atoms with Gasteiger partial charge in [-0.25, -0.2) is 0 Å². The predicted octanol–water partition coefficient (Wildman–Crippen LogP) is 3.72. The zero-order valence-electron chi connectivity index (χ0n) is 13.7. The lowest BCUT2D eigenvalue weighted by atomic mass is 9.91. The molecule has 2 aliphatic heterocycles. The second-order valence-corrected chi connectivity index (χ2v) is 7.99. The molecule has 0 unspecified atom stereocenters. The molecule has 4 heteroatoms. The summed E-state index contributed by atoms with van der Waals surface area (Å²) in [4.78, 5) is 14.8. The molecule has 2 rings (SSSR count). The van der Waals surface area contributed by atoms with Crippen LogP contribution in [0.2, 0.25) is 0 Å². The number of hydrogen-bond acceptors (Lipinski definition) is 3. The van der Waals surface area contributed by atoms with E-state index in [1.54, 1.807) is 0 Å². The van der Waals surface area contributed by atoms with Gasteiger partial charge in [-0.1, -0.05) is 20.3 Å². The molecule has 21 heavy (non-hydrogen) atoms. The number of likely N-dealkylation sites (tertiary alicyclic amines) is 1. The van der Waals surface area contributed by atoms with Crippen LogP contribution < -0.4 is 0 Å². The molecule has 1 amide bonds. The van der Waals surface area contributed by atoms with Crippen LogP contribution in [0.5, 0.6) is 0 Å². The number of rotatable bonds is 5. The zero-order chi connectivity index (χ0) is 15.1. The van der Waals surface area contributed by atoms with E-state index in [9.17, 15) is 4.79 Å². The van der Waals surface area contributed by atoms with Crippen molar-refractivity contribution in [3.05, 3.63) is 0 Å². The first kappa shape index (κ1) is 17.1. The summed E-state index contributed by atoms with van der Waals surface area (Å²) in [6.45, 7) is 7.17. The van der Waals surface area contributed by atoms with E-state index in [-0.39, 0.29) is 0 Å². The number of ether oxygens (including phenoxy) is 1. The predicted molar refractivity (Wildman–Crippen MR) is 89.7 cm³/mol. The summed E-state index contributed by atoms with van der Waals surface area (Å²) >= 11 is 2.02. The molecule has 0 radical (unpaired) electrons. The van der Waals surface area contributed by atoms with Gasteiger partial charge in [0, 0.05) is 31.4 Å². The van der Waals surface area contributed by atoms with Crippen molar-refractivity contribution in [2.75, 3.05) is 25.4 Å². The number of hydrogen-bond donors (Lipinski definition) is 0. The SMILES string of the molecule is CCS[C@@H]1CCCCN(C(=O)C[C@H]2CCO[C@@H](CC)C2)C1. The van der Waals surface area contributed by atoms with Gasteiger partial charge < -0.3 is 9.64 Å². The van der Waals surface area contributed by atoms with E-state index in [4.69, 9.17) is 4.74 Å². The molecule has 0 spiro atoms. The van der Waals surface area contributed by atoms with E-state index in [0.717, 1.165) is 51.1 Å². The van der Waals surface area contributed by atoms with Gasteiger partial charge in [-0.2, -0.15) is 11.8 Å². The van der Waals surface area contributed by atoms with Crippen LogP contribution in [-0.2, 0) is 9.53 Å². The molecule has 0 bridgehead atoms. The third kappa shape index (κ3) is 5.48. The summed E-state index contributed by atoms with van der Waals surface area (Å²) < 4.78 is 5.73. The molecule has 3 nitrogen and oxygen atoms in total. The van der Waals surface area contributed by atoms with E-state index < -0.39 is 0 Å². The molecule has 0 saturated carbocycles. The summed E-state index contributed by atoms with van der Waals surface area (Å²) in [6.07, 6.45) is 8.05. The van der Waals surface area contributed by atoms with Gasteiger partial charge in [0.1, 0.15) is 0 Å². The smallest absolute Gasteiger partial charge is 0.222 e. The topological polar surface area (TPSA) is 29.5 Å². The van der Waals surface area contributed by atoms with E-state index in [2.05, 4.69) is 18.7 Å². The van der Waals surface area contributed by atoms with Gasteiger partial charge in [-0.15, -0.1) is 0 Å². The van der Waals surface area contributed by atoms with Gasteiger partial charge in [0.2, 0.25) is 5.91 Å². The third-order valence-corrected chi connectivity index (χ3v) is 5.97. The Morgan fingerprint density at radius 1 is 1.29 bits per heavy atom. The van der Waals surface area contributed by atoms with Gasteiger partial charge in [0.25, 0.3) is 0 Å². The molecule has 2 saturated heterocycles. The minimum atomic E-state index is 0.379. The summed E-state index contributed by atoms with van der Waals surface area (Å²) in [6, 6.07) is 0. The van der Waals surface area contributed by atoms with Gasteiger partial charge in [0.05, 0.1) is 6.10 Å². The minimum Gasteiger partial charge on any atom is -0.378 e. The lowest BCUT2D eigenvalue weighted by molar-refractivity contribution is -0.133. The largest absolute Gasteiger partial charge is 0.378 e. The molecule has 2 aliphatic rings. The molecular formula is C17H31NO2S. The second kappa shape index (κ2) is 9.04. The second-order valence-electron chi connectivity index (χ2n) is 6.41. The molecule has 0 aromatic heterocycles. The van der Waals surface area contributed by atoms with E-state index in [1.807, 2.05) is 11.8 Å². The third-order valence-electron chi connectivity index (χ3n) is 4.78. The maximum Gasteiger partial charge on any atom is 0.222 e. The lowest BCUT2D eigenvalue weighted by Gasteiger charge is -2.31. The number of carbonyl (C=O) groups is 1. The summed E-state index contributed by atoms with van der Waals surface area (Å²) in [5, 5.41) is 0.652. The Bertz CT molecular complexity index is 324. The van der Waals surface area contributed by atoms with Crippen LogP contribution >= 0.6 is 11.8 Å². The van der Waals surface area contributed by atoms with Crippen LogP contribution in [0, 0.1) is 5.92 Å². The Kier molecular flexibility index (Phi) is 7.38. The fourth-order valence-electron chi connectivity index (χ4n) is 3.51. The number of nitrogens with zero attached hydrogens (tertiary/aromatic N) is 1. The Labute approximate surface area is 134 Å². The fraction of sp³-hybridized carbons (Fsp3) is 0.941. The van der Waals surface area contributed by atoms with Gasteiger partial charge >= 0.3 is 0 Å². The van der Waals surface area contributed by atoms with Gasteiger partial charge in [-0.05, 0) is 43.8 Å². The highest BCUT2D eigenvalue weighted by atomic mass is 32.2. The highest BCUT2D eigenvalue weighted by Gasteiger charge is 2.27. The summed E-state index contributed by atoms with van der Waals surface area (Å²) in [5.41, 5.74) is 0. The van der Waals surface area contributed by atoms with Crippen molar-refractivity contribution in [2.45, 2.75) is 70.1 Å². The summed E-state index contributed by atoms with van der Waals surface area (Å²) in [7, 11) is 0. The zero-order valence-corrected chi connectivity index (χ0v) is 14.5. The van der Waals surface area contributed by atoms with Gasteiger partial charge in [0.15, 0.2) is 0 Å². The van der Waals surface area contributed by atoms with Gasteiger partial charge in [-0.3, -0.25) is 4.79 Å². The van der Waals surface area contributed by atoms with Crippen LogP contribution in [0.25, 0.3) is 0 Å². The molecular weight excluding hydrogens is 282 g/mol. The minimum absolute atomic E-state index is 0.379. The monoisotopic (exact) mass is 313 g/mol. The van der Waals surface area contributed by atoms with Crippen LogP contribution in [0.3, 0.4) is 0 Å². The molecule has 0 aromatic carbocycles. The highest BCUT2D eigenvalue weighted by Crippen LogP contribution is 2.27. The molecule has 0 aliphatic carbocycles. The van der Waals surface area contributed by atoms with Crippen molar-refractivity contribution >= 4 is 17.7 Å². The number of amides is 1. The van der Waals surface area contributed by atoms with E-state index in [0.29, 0.717) is 23.2 Å². The van der Waals surface area contributed by atoms with Crippen LogP contribution in [0.15, 0.2) is 0 Å². The molecule has 0 N–H and O–H groups in total. The maximum absolute atomic E-state index is 12.6. The normalized spacial score (nSPS) is 31.0. The van der Waals surface area contributed by atoms with Crippen molar-refractivity contribution in [3.63, 3.8) is 0 Å². The standard InChI is InChI=1S/C17H31NO2S/c1-3-15-11-14(8-10-20-15)12-17(19)18-9-6-5-7-16(13-18)21-4-2/h14-16H,3-13H2,1-2H3/t14-,15-,16+/m0/s1. The average molecular weight is 314 g/mol. The van der Waals surface area contributed by atoms with E-state index in [1.165, 1.54) is 19.3 Å². The Morgan fingerprint density at radius 3 is 2.90 bits per heavy atom. The highest BCUT2D eigenvalue weighted by molar-refractivity contribution is 7.99. The molecule has 2 fully saturated rings. The van der Waals surface area contributed by atoms with Crippen LogP contribution in [-0.4, -0.2) is 47.6 Å². The van der Waals surface area contributed by atoms with Crippen molar-refractivity contribution in [1.29, 1.82) is 0 Å². The molecule has 122 valence electrons. The maximum atomic E-state index is 12.6. The van der Waals surface area contributed by atoms with E-state index >= 15 is 0 Å². The van der Waals surface area contributed by atoms with Crippen molar-refractivity contribution in [1.82, 2.24) is 4.90 Å². The Balaban J connectivity index is 1.83. The first-order valence-corrected chi connectivity index (χ1v) is 9.78. The van der Waals surface area contributed by atoms with Crippen molar-refractivity contribution in [3.8, 4) is 0 Å².